The molecular weight excluding hydrogens is 166 g/mol. The van der Waals surface area contributed by atoms with Gasteiger partial charge in [-0.25, -0.2) is 4.79 Å². The van der Waals surface area contributed by atoms with Crippen LogP contribution in [0.25, 0.3) is 0 Å². The first-order valence-electron chi connectivity index (χ1n) is 4.50. The molecule has 0 aliphatic carbocycles. The van der Waals surface area contributed by atoms with Crippen LogP contribution in [0.1, 0.15) is 34.1 Å². The molecule has 13 heavy (non-hydrogen) atoms. The van der Waals surface area contributed by atoms with Crippen molar-refractivity contribution in [2.45, 2.75) is 45.3 Å². The van der Waals surface area contributed by atoms with Gasteiger partial charge in [0.25, 0.3) is 0 Å². The summed E-state index contributed by atoms with van der Waals surface area (Å²) in [5.41, 5.74) is -0.975. The SMILES string of the molecule is CC(C)(C)OC(=O)C1(C)CC=CN1. The van der Waals surface area contributed by atoms with Crippen LogP contribution in [0.3, 0.4) is 0 Å². The highest BCUT2D eigenvalue weighted by Crippen LogP contribution is 2.20. The fourth-order valence-electron chi connectivity index (χ4n) is 1.13. The number of hydrogen-bond donors (Lipinski definition) is 1. The van der Waals surface area contributed by atoms with Gasteiger partial charge >= 0.3 is 5.97 Å². The van der Waals surface area contributed by atoms with Crippen LogP contribution >= 0.6 is 0 Å². The predicted octanol–water partition coefficient (Wildman–Crippen LogP) is 1.59. The number of esters is 1. The molecule has 3 heteroatoms. The molecular formula is C10H17NO2. The normalized spacial score (nSPS) is 27.1. The molecule has 0 saturated carbocycles. The molecule has 1 N–H and O–H groups in total. The van der Waals surface area contributed by atoms with E-state index < -0.39 is 11.1 Å². The summed E-state index contributed by atoms with van der Waals surface area (Å²) < 4.78 is 5.28. The van der Waals surface area contributed by atoms with Crippen molar-refractivity contribution in [3.8, 4) is 0 Å². The van der Waals surface area contributed by atoms with Gasteiger partial charge in [0.1, 0.15) is 11.1 Å². The minimum atomic E-state index is -0.562. The van der Waals surface area contributed by atoms with E-state index in [0.29, 0.717) is 6.42 Å². The van der Waals surface area contributed by atoms with E-state index in [4.69, 9.17) is 4.74 Å². The summed E-state index contributed by atoms with van der Waals surface area (Å²) in [5.74, 6) is -0.190. The molecule has 1 rings (SSSR count). The van der Waals surface area contributed by atoms with Crippen molar-refractivity contribution in [1.29, 1.82) is 0 Å². The third-order valence-electron chi connectivity index (χ3n) is 1.90. The van der Waals surface area contributed by atoms with Gasteiger partial charge in [0.2, 0.25) is 0 Å². The molecule has 1 atom stereocenters. The van der Waals surface area contributed by atoms with E-state index in [2.05, 4.69) is 5.32 Å². The summed E-state index contributed by atoms with van der Waals surface area (Å²) in [6, 6.07) is 0. The molecule has 0 spiro atoms. The third kappa shape index (κ3) is 2.47. The van der Waals surface area contributed by atoms with Crippen LogP contribution in [0, 0.1) is 0 Å². The Morgan fingerprint density at radius 3 is 2.54 bits per heavy atom. The molecule has 0 fully saturated rings. The summed E-state index contributed by atoms with van der Waals surface area (Å²) in [7, 11) is 0. The van der Waals surface area contributed by atoms with Gasteiger partial charge in [-0.1, -0.05) is 6.08 Å². The minimum Gasteiger partial charge on any atom is -0.458 e. The van der Waals surface area contributed by atoms with Crippen LogP contribution in [0.4, 0.5) is 0 Å². The maximum atomic E-state index is 11.7. The van der Waals surface area contributed by atoms with Crippen LogP contribution in [0.2, 0.25) is 0 Å². The average molecular weight is 183 g/mol. The standard InChI is InChI=1S/C10H17NO2/c1-9(2,3)13-8(12)10(4)6-5-7-11-10/h5,7,11H,6H2,1-4H3. The van der Waals surface area contributed by atoms with Crippen molar-refractivity contribution in [2.75, 3.05) is 0 Å². The second-order valence-corrected chi connectivity index (χ2v) is 4.58. The van der Waals surface area contributed by atoms with Crippen molar-refractivity contribution < 1.29 is 9.53 Å². The zero-order chi connectivity index (χ0) is 10.1. The molecule has 1 heterocycles. The number of ether oxygens (including phenoxy) is 1. The lowest BCUT2D eigenvalue weighted by Crippen LogP contribution is -2.47. The zero-order valence-electron chi connectivity index (χ0n) is 8.68. The van der Waals surface area contributed by atoms with Gasteiger partial charge in [-0.05, 0) is 33.9 Å². The fourth-order valence-corrected chi connectivity index (χ4v) is 1.13. The van der Waals surface area contributed by atoms with E-state index in [1.165, 1.54) is 0 Å². The minimum absolute atomic E-state index is 0.190. The highest BCUT2D eigenvalue weighted by molar-refractivity contribution is 5.81. The molecule has 3 nitrogen and oxygen atoms in total. The maximum Gasteiger partial charge on any atom is 0.332 e. The van der Waals surface area contributed by atoms with Gasteiger partial charge in [-0.2, -0.15) is 0 Å². The number of carbonyl (C=O) groups is 1. The smallest absolute Gasteiger partial charge is 0.332 e. The Kier molecular flexibility index (Phi) is 2.37. The molecule has 0 aromatic carbocycles. The Labute approximate surface area is 79.2 Å². The fraction of sp³-hybridized carbons (Fsp3) is 0.700. The highest BCUT2D eigenvalue weighted by atomic mass is 16.6. The van der Waals surface area contributed by atoms with Gasteiger partial charge in [-0.15, -0.1) is 0 Å². The van der Waals surface area contributed by atoms with Crippen molar-refractivity contribution in [3.05, 3.63) is 12.3 Å². The number of carbonyl (C=O) groups excluding carboxylic acids is 1. The van der Waals surface area contributed by atoms with Gasteiger partial charge in [0.05, 0.1) is 0 Å². The summed E-state index contributed by atoms with van der Waals surface area (Å²) in [6.07, 6.45) is 4.43. The highest BCUT2D eigenvalue weighted by Gasteiger charge is 2.37. The topological polar surface area (TPSA) is 38.3 Å². The number of nitrogens with one attached hydrogen (secondary N) is 1. The first-order valence-corrected chi connectivity index (χ1v) is 4.50. The van der Waals surface area contributed by atoms with E-state index in [1.54, 1.807) is 6.20 Å². The first kappa shape index (κ1) is 10.1. The van der Waals surface area contributed by atoms with Crippen molar-refractivity contribution in [3.63, 3.8) is 0 Å². The molecule has 0 amide bonds. The molecule has 1 unspecified atom stereocenters. The van der Waals surface area contributed by atoms with Crippen LogP contribution in [0.15, 0.2) is 12.3 Å². The Bertz CT molecular complexity index is 230. The van der Waals surface area contributed by atoms with Crippen molar-refractivity contribution in [1.82, 2.24) is 5.32 Å². The molecule has 1 aliphatic rings. The lowest BCUT2D eigenvalue weighted by molar-refractivity contribution is -0.161. The van der Waals surface area contributed by atoms with E-state index in [1.807, 2.05) is 33.8 Å². The molecule has 74 valence electrons. The third-order valence-corrected chi connectivity index (χ3v) is 1.90. The largest absolute Gasteiger partial charge is 0.458 e. The van der Waals surface area contributed by atoms with E-state index >= 15 is 0 Å². The maximum absolute atomic E-state index is 11.7. The van der Waals surface area contributed by atoms with Crippen LogP contribution in [-0.4, -0.2) is 17.1 Å². The summed E-state index contributed by atoms with van der Waals surface area (Å²) in [6.45, 7) is 7.46. The lowest BCUT2D eigenvalue weighted by atomic mass is 10.0. The molecule has 0 aromatic rings. The lowest BCUT2D eigenvalue weighted by Gasteiger charge is -2.28. The Balaban J connectivity index is 2.58. The van der Waals surface area contributed by atoms with Crippen LogP contribution in [-0.2, 0) is 9.53 Å². The Morgan fingerprint density at radius 1 is 1.54 bits per heavy atom. The monoisotopic (exact) mass is 183 g/mol. The van der Waals surface area contributed by atoms with Crippen molar-refractivity contribution >= 4 is 5.97 Å². The van der Waals surface area contributed by atoms with Crippen LogP contribution in [0.5, 0.6) is 0 Å². The van der Waals surface area contributed by atoms with Crippen LogP contribution < -0.4 is 5.32 Å². The van der Waals surface area contributed by atoms with E-state index in [9.17, 15) is 4.79 Å². The predicted molar refractivity (Wildman–Crippen MR) is 51.1 cm³/mol. The average Bonchev–Trinajstić information content (AvgIpc) is 2.33. The Morgan fingerprint density at radius 2 is 2.15 bits per heavy atom. The van der Waals surface area contributed by atoms with Gasteiger partial charge in [0, 0.05) is 6.42 Å². The quantitative estimate of drug-likeness (QED) is 0.627. The summed E-state index contributed by atoms with van der Waals surface area (Å²) in [4.78, 5) is 11.7. The molecule has 0 saturated heterocycles. The van der Waals surface area contributed by atoms with Gasteiger partial charge in [0.15, 0.2) is 0 Å². The van der Waals surface area contributed by atoms with E-state index in [0.717, 1.165) is 0 Å². The van der Waals surface area contributed by atoms with Gasteiger partial charge in [-0.3, -0.25) is 0 Å². The van der Waals surface area contributed by atoms with Crippen molar-refractivity contribution in [2.24, 2.45) is 0 Å². The second kappa shape index (κ2) is 3.05. The molecule has 0 bridgehead atoms. The first-order chi connectivity index (χ1) is 5.83. The molecule has 0 aromatic heterocycles. The number of hydrogen-bond acceptors (Lipinski definition) is 3. The summed E-state index contributed by atoms with van der Waals surface area (Å²) in [5, 5.41) is 3.00. The summed E-state index contributed by atoms with van der Waals surface area (Å²) >= 11 is 0. The second-order valence-electron chi connectivity index (χ2n) is 4.58. The number of rotatable bonds is 1. The Hall–Kier alpha value is -0.990. The van der Waals surface area contributed by atoms with Gasteiger partial charge < -0.3 is 10.1 Å². The molecule has 1 aliphatic heterocycles. The zero-order valence-corrected chi connectivity index (χ0v) is 8.68. The van der Waals surface area contributed by atoms with E-state index in [-0.39, 0.29) is 5.97 Å². The molecule has 0 radical (unpaired) electrons.